The van der Waals surface area contributed by atoms with E-state index in [4.69, 9.17) is 11.6 Å². The zero-order chi connectivity index (χ0) is 15.0. The minimum Gasteiger partial charge on any atom is -0.466 e. The average molecular weight is 300 g/mol. The number of nitrogens with one attached hydrogen (secondary N) is 3. The van der Waals surface area contributed by atoms with Crippen molar-refractivity contribution in [3.05, 3.63) is 29.3 Å². The van der Waals surface area contributed by atoms with Crippen molar-refractivity contribution in [2.24, 2.45) is 0 Å². The lowest BCUT2D eigenvalue weighted by atomic mass is 10.3. The Kier molecular flexibility index (Phi) is 6.31. The van der Waals surface area contributed by atoms with E-state index in [0.717, 1.165) is 0 Å². The molecular formula is C12H14ClN3O4. The summed E-state index contributed by atoms with van der Waals surface area (Å²) in [5.41, 5.74) is 4.64. The summed E-state index contributed by atoms with van der Waals surface area (Å²) in [6.45, 7) is 1.82. The van der Waals surface area contributed by atoms with Gasteiger partial charge in [-0.1, -0.05) is 17.7 Å². The smallest absolute Gasteiger partial charge is 0.337 e. The van der Waals surface area contributed by atoms with Crippen LogP contribution < -0.4 is 16.2 Å². The molecule has 0 aliphatic heterocycles. The first-order valence-electron chi connectivity index (χ1n) is 5.78. The zero-order valence-corrected chi connectivity index (χ0v) is 11.5. The number of hydrogen-bond acceptors (Lipinski definition) is 4. The lowest BCUT2D eigenvalue weighted by Crippen LogP contribution is -2.44. The summed E-state index contributed by atoms with van der Waals surface area (Å²) in [5.74, 6) is -1.34. The molecule has 0 aromatic heterocycles. The van der Waals surface area contributed by atoms with E-state index >= 15 is 0 Å². The maximum absolute atomic E-state index is 11.4. The highest BCUT2D eigenvalue weighted by molar-refractivity contribution is 6.30. The maximum Gasteiger partial charge on any atom is 0.337 e. The van der Waals surface area contributed by atoms with Gasteiger partial charge in [-0.3, -0.25) is 15.0 Å². The molecule has 1 aromatic rings. The molecule has 0 radical (unpaired) electrons. The van der Waals surface area contributed by atoms with Crippen LogP contribution in [0.2, 0.25) is 5.02 Å². The van der Waals surface area contributed by atoms with Crippen LogP contribution in [0, 0.1) is 0 Å². The number of rotatable bonds is 4. The molecule has 0 spiro atoms. The number of hydrogen-bond donors (Lipinski definition) is 3. The minimum atomic E-state index is -0.676. The molecule has 1 rings (SSSR count). The fourth-order valence-corrected chi connectivity index (χ4v) is 1.43. The van der Waals surface area contributed by atoms with E-state index in [9.17, 15) is 14.4 Å². The number of carbonyl (C=O) groups is 3. The Labute approximate surface area is 120 Å². The molecule has 3 N–H and O–H groups in total. The highest BCUT2D eigenvalue weighted by Crippen LogP contribution is 2.14. The van der Waals surface area contributed by atoms with Crippen molar-refractivity contribution in [1.29, 1.82) is 0 Å². The van der Waals surface area contributed by atoms with Crippen LogP contribution in [0.3, 0.4) is 0 Å². The molecule has 108 valence electrons. The van der Waals surface area contributed by atoms with Gasteiger partial charge in [-0.15, -0.1) is 0 Å². The Balaban J connectivity index is 2.33. The summed E-state index contributed by atoms with van der Waals surface area (Å²) in [4.78, 5) is 33.7. The predicted octanol–water partition coefficient (Wildman–Crippen LogP) is 1.45. The van der Waals surface area contributed by atoms with Gasteiger partial charge in [0.15, 0.2) is 0 Å². The summed E-state index contributed by atoms with van der Waals surface area (Å²) >= 11 is 5.75. The van der Waals surface area contributed by atoms with E-state index in [2.05, 4.69) is 20.9 Å². The third kappa shape index (κ3) is 6.05. The van der Waals surface area contributed by atoms with Gasteiger partial charge in [0, 0.05) is 10.7 Å². The second-order valence-electron chi connectivity index (χ2n) is 3.62. The number of carbonyl (C=O) groups excluding carboxylic acids is 3. The molecule has 0 unspecified atom stereocenters. The van der Waals surface area contributed by atoms with Crippen molar-refractivity contribution in [1.82, 2.24) is 10.9 Å². The molecule has 1 aromatic carbocycles. The van der Waals surface area contributed by atoms with E-state index in [1.165, 1.54) is 0 Å². The predicted molar refractivity (Wildman–Crippen MR) is 73.0 cm³/mol. The van der Waals surface area contributed by atoms with Crippen molar-refractivity contribution in [3.8, 4) is 0 Å². The average Bonchev–Trinajstić information content (AvgIpc) is 2.36. The van der Waals surface area contributed by atoms with Crippen LogP contribution in [0.25, 0.3) is 0 Å². The number of amides is 3. The first-order chi connectivity index (χ1) is 9.51. The Morgan fingerprint density at radius 3 is 2.65 bits per heavy atom. The Morgan fingerprint density at radius 2 is 2.00 bits per heavy atom. The van der Waals surface area contributed by atoms with Gasteiger partial charge in [0.05, 0.1) is 6.61 Å². The van der Waals surface area contributed by atoms with E-state index in [0.29, 0.717) is 10.7 Å². The van der Waals surface area contributed by atoms with Crippen molar-refractivity contribution < 1.29 is 19.1 Å². The quantitative estimate of drug-likeness (QED) is 0.445. The highest BCUT2D eigenvalue weighted by Gasteiger charge is 2.10. The van der Waals surface area contributed by atoms with Gasteiger partial charge in [-0.05, 0) is 25.1 Å². The number of benzene rings is 1. The number of halogens is 1. The zero-order valence-electron chi connectivity index (χ0n) is 10.7. The van der Waals surface area contributed by atoms with Crippen LogP contribution in [-0.4, -0.2) is 24.5 Å². The number of esters is 1. The highest BCUT2D eigenvalue weighted by atomic mass is 35.5. The molecule has 7 nitrogen and oxygen atoms in total. The van der Waals surface area contributed by atoms with E-state index < -0.39 is 24.3 Å². The molecule has 0 fully saturated rings. The molecule has 0 saturated carbocycles. The topological polar surface area (TPSA) is 96.5 Å². The summed E-state index contributed by atoms with van der Waals surface area (Å²) in [6.07, 6.45) is -0.467. The fourth-order valence-electron chi connectivity index (χ4n) is 1.24. The Bertz CT molecular complexity index is 507. The van der Waals surface area contributed by atoms with Gasteiger partial charge < -0.3 is 10.1 Å². The molecule has 0 saturated heterocycles. The standard InChI is InChI=1S/C12H14ClN3O4/c1-2-20-11(18)7-10(17)15-16-12(19)14-9-5-3-4-8(13)6-9/h3-6H,2,7H2,1H3,(H,15,17)(H2,14,16,19). The molecular weight excluding hydrogens is 286 g/mol. The van der Waals surface area contributed by atoms with Crippen LogP contribution >= 0.6 is 11.6 Å². The largest absolute Gasteiger partial charge is 0.466 e. The Morgan fingerprint density at radius 1 is 1.25 bits per heavy atom. The van der Waals surface area contributed by atoms with Gasteiger partial charge >= 0.3 is 12.0 Å². The van der Waals surface area contributed by atoms with Gasteiger partial charge in [0.1, 0.15) is 6.42 Å². The lowest BCUT2D eigenvalue weighted by molar-refractivity contribution is -0.146. The molecule has 20 heavy (non-hydrogen) atoms. The van der Waals surface area contributed by atoms with Crippen LogP contribution in [0.15, 0.2) is 24.3 Å². The number of urea groups is 1. The van der Waals surface area contributed by atoms with Crippen LogP contribution in [-0.2, 0) is 14.3 Å². The van der Waals surface area contributed by atoms with Crippen LogP contribution in [0.5, 0.6) is 0 Å². The van der Waals surface area contributed by atoms with Crippen molar-refractivity contribution >= 4 is 35.2 Å². The monoisotopic (exact) mass is 299 g/mol. The first kappa shape index (κ1) is 15.8. The summed E-state index contributed by atoms with van der Waals surface area (Å²) in [6, 6.07) is 5.83. The maximum atomic E-state index is 11.4. The number of hydrazine groups is 1. The summed E-state index contributed by atoms with van der Waals surface area (Å²) in [7, 11) is 0. The molecule has 0 aliphatic carbocycles. The van der Waals surface area contributed by atoms with Crippen LogP contribution in [0.4, 0.5) is 10.5 Å². The summed E-state index contributed by atoms with van der Waals surface area (Å²) in [5, 5.41) is 2.92. The van der Waals surface area contributed by atoms with Crippen molar-refractivity contribution in [2.45, 2.75) is 13.3 Å². The van der Waals surface area contributed by atoms with Crippen molar-refractivity contribution in [2.75, 3.05) is 11.9 Å². The second kappa shape index (κ2) is 8.00. The normalized spacial score (nSPS) is 9.50. The SMILES string of the molecule is CCOC(=O)CC(=O)NNC(=O)Nc1cccc(Cl)c1. The van der Waals surface area contributed by atoms with E-state index in [-0.39, 0.29) is 6.61 Å². The minimum absolute atomic E-state index is 0.189. The Hall–Kier alpha value is -2.28. The van der Waals surface area contributed by atoms with Gasteiger partial charge in [0.2, 0.25) is 5.91 Å². The number of ether oxygens (including phenoxy) is 1. The third-order valence-corrected chi connectivity index (χ3v) is 2.24. The lowest BCUT2D eigenvalue weighted by Gasteiger charge is -2.09. The summed E-state index contributed by atoms with van der Waals surface area (Å²) < 4.78 is 4.59. The molecule has 3 amide bonds. The van der Waals surface area contributed by atoms with E-state index in [1.54, 1.807) is 31.2 Å². The molecule has 0 atom stereocenters. The molecule has 0 bridgehead atoms. The van der Waals surface area contributed by atoms with E-state index in [1.807, 2.05) is 0 Å². The molecule has 8 heteroatoms. The fraction of sp³-hybridized carbons (Fsp3) is 0.250. The second-order valence-corrected chi connectivity index (χ2v) is 4.06. The van der Waals surface area contributed by atoms with Crippen LogP contribution in [0.1, 0.15) is 13.3 Å². The third-order valence-electron chi connectivity index (χ3n) is 2.01. The number of anilines is 1. The van der Waals surface area contributed by atoms with Gasteiger partial charge in [-0.2, -0.15) is 0 Å². The first-order valence-corrected chi connectivity index (χ1v) is 6.16. The molecule has 0 aliphatic rings. The van der Waals surface area contributed by atoms with Gasteiger partial charge in [0.25, 0.3) is 0 Å². The molecule has 0 heterocycles. The van der Waals surface area contributed by atoms with Crippen molar-refractivity contribution in [3.63, 3.8) is 0 Å². The van der Waals surface area contributed by atoms with Gasteiger partial charge in [-0.25, -0.2) is 10.2 Å².